The van der Waals surface area contributed by atoms with Crippen molar-refractivity contribution in [2.45, 2.75) is 12.6 Å². The summed E-state index contributed by atoms with van der Waals surface area (Å²) in [5, 5.41) is 13.4. The van der Waals surface area contributed by atoms with E-state index >= 15 is 0 Å². The van der Waals surface area contributed by atoms with Gasteiger partial charge in [-0.05, 0) is 23.8 Å². The predicted octanol–water partition coefficient (Wildman–Crippen LogP) is 3.29. The summed E-state index contributed by atoms with van der Waals surface area (Å²) in [6.07, 6.45) is -0.544. The summed E-state index contributed by atoms with van der Waals surface area (Å²) in [7, 11) is 3.26. The third-order valence-electron chi connectivity index (χ3n) is 3.40. The lowest BCUT2D eigenvalue weighted by Gasteiger charge is -2.14. The smallest absolute Gasteiger partial charge is 0.127 e. The number of nitrogens with one attached hydrogen (secondary N) is 1. The summed E-state index contributed by atoms with van der Waals surface area (Å²) in [5.74, 6) is 1.53. The largest absolute Gasteiger partial charge is 0.497 e. The number of hydrogen-bond acceptors (Lipinski definition) is 4. The number of hydrogen-bond donors (Lipinski definition) is 2. The third kappa shape index (κ3) is 4.47. The minimum absolute atomic E-state index is 0.469. The van der Waals surface area contributed by atoms with Gasteiger partial charge in [0.25, 0.3) is 0 Å². The zero-order chi connectivity index (χ0) is 15.9. The highest BCUT2D eigenvalue weighted by molar-refractivity contribution is 9.10. The van der Waals surface area contributed by atoms with Gasteiger partial charge in [-0.2, -0.15) is 0 Å². The van der Waals surface area contributed by atoms with Crippen LogP contribution in [-0.4, -0.2) is 25.9 Å². The molecule has 0 saturated carbocycles. The lowest BCUT2D eigenvalue weighted by molar-refractivity contribution is 0.174. The van der Waals surface area contributed by atoms with E-state index < -0.39 is 6.10 Å². The van der Waals surface area contributed by atoms with E-state index in [9.17, 15) is 5.11 Å². The van der Waals surface area contributed by atoms with Gasteiger partial charge in [-0.25, -0.2) is 0 Å². The quantitative estimate of drug-likeness (QED) is 0.790. The fraction of sp³-hybridized carbons (Fsp3) is 0.294. The molecule has 0 aromatic heterocycles. The van der Waals surface area contributed by atoms with Crippen LogP contribution in [0.15, 0.2) is 46.9 Å². The van der Waals surface area contributed by atoms with Crippen LogP contribution >= 0.6 is 15.9 Å². The molecule has 2 rings (SSSR count). The molecule has 4 nitrogen and oxygen atoms in total. The van der Waals surface area contributed by atoms with Crippen LogP contribution in [-0.2, 0) is 6.54 Å². The fourth-order valence-corrected chi connectivity index (χ4v) is 2.41. The molecule has 118 valence electrons. The summed E-state index contributed by atoms with van der Waals surface area (Å²) in [5.41, 5.74) is 1.91. The van der Waals surface area contributed by atoms with Crippen molar-refractivity contribution in [2.75, 3.05) is 20.8 Å². The van der Waals surface area contributed by atoms with Crippen molar-refractivity contribution >= 4 is 15.9 Å². The Hall–Kier alpha value is -1.56. The molecule has 0 saturated heterocycles. The van der Waals surface area contributed by atoms with Gasteiger partial charge >= 0.3 is 0 Å². The van der Waals surface area contributed by atoms with Gasteiger partial charge < -0.3 is 19.9 Å². The number of rotatable bonds is 7. The Bertz CT molecular complexity index is 601. The minimum Gasteiger partial charge on any atom is -0.497 e. The SMILES string of the molecule is COc1ccc(CNC[C@@H](O)c2ccc(Br)cc2)c(OC)c1. The first kappa shape index (κ1) is 16.8. The Morgan fingerprint density at radius 3 is 2.45 bits per heavy atom. The molecule has 0 aliphatic rings. The molecule has 2 aromatic rings. The molecule has 1 atom stereocenters. The van der Waals surface area contributed by atoms with E-state index in [0.717, 1.165) is 27.1 Å². The Morgan fingerprint density at radius 2 is 1.82 bits per heavy atom. The van der Waals surface area contributed by atoms with E-state index in [0.29, 0.717) is 13.1 Å². The van der Waals surface area contributed by atoms with Crippen LogP contribution in [0.5, 0.6) is 11.5 Å². The van der Waals surface area contributed by atoms with Crippen molar-refractivity contribution < 1.29 is 14.6 Å². The molecule has 0 aliphatic heterocycles. The number of benzene rings is 2. The highest BCUT2D eigenvalue weighted by atomic mass is 79.9. The maximum absolute atomic E-state index is 10.2. The first-order valence-electron chi connectivity index (χ1n) is 6.99. The average Bonchev–Trinajstić information content (AvgIpc) is 2.55. The fourth-order valence-electron chi connectivity index (χ4n) is 2.14. The predicted molar refractivity (Wildman–Crippen MR) is 90.4 cm³/mol. The minimum atomic E-state index is -0.544. The molecule has 0 aliphatic carbocycles. The van der Waals surface area contributed by atoms with E-state index in [1.54, 1.807) is 14.2 Å². The highest BCUT2D eigenvalue weighted by Crippen LogP contribution is 2.24. The van der Waals surface area contributed by atoms with Crippen LogP contribution in [0.3, 0.4) is 0 Å². The van der Waals surface area contributed by atoms with E-state index in [4.69, 9.17) is 9.47 Å². The summed E-state index contributed by atoms with van der Waals surface area (Å²) in [4.78, 5) is 0. The second-order valence-electron chi connectivity index (χ2n) is 4.88. The van der Waals surface area contributed by atoms with Crippen molar-refractivity contribution in [1.82, 2.24) is 5.32 Å². The zero-order valence-corrected chi connectivity index (χ0v) is 14.3. The van der Waals surface area contributed by atoms with Gasteiger partial charge in [0.1, 0.15) is 11.5 Å². The Kier molecular flexibility index (Phi) is 6.24. The Labute approximate surface area is 139 Å². The first-order chi connectivity index (χ1) is 10.6. The maximum Gasteiger partial charge on any atom is 0.127 e. The van der Waals surface area contributed by atoms with Crippen LogP contribution in [0.1, 0.15) is 17.2 Å². The molecule has 0 spiro atoms. The molecule has 2 N–H and O–H groups in total. The zero-order valence-electron chi connectivity index (χ0n) is 12.7. The highest BCUT2D eigenvalue weighted by Gasteiger charge is 2.09. The van der Waals surface area contributed by atoms with Gasteiger partial charge in [-0.1, -0.05) is 34.1 Å². The molecule has 22 heavy (non-hydrogen) atoms. The summed E-state index contributed by atoms with van der Waals surface area (Å²) >= 11 is 3.38. The van der Waals surface area contributed by atoms with Crippen molar-refractivity contribution in [3.63, 3.8) is 0 Å². The monoisotopic (exact) mass is 365 g/mol. The van der Waals surface area contributed by atoms with Crippen molar-refractivity contribution in [2.24, 2.45) is 0 Å². The van der Waals surface area contributed by atoms with Gasteiger partial charge in [-0.3, -0.25) is 0 Å². The topological polar surface area (TPSA) is 50.7 Å². The summed E-state index contributed by atoms with van der Waals surface area (Å²) in [6, 6.07) is 13.4. The van der Waals surface area contributed by atoms with Gasteiger partial charge in [0, 0.05) is 29.2 Å². The summed E-state index contributed by atoms with van der Waals surface area (Å²) in [6.45, 7) is 1.08. The number of ether oxygens (including phenoxy) is 2. The van der Waals surface area contributed by atoms with Gasteiger partial charge in [0.2, 0.25) is 0 Å². The second-order valence-corrected chi connectivity index (χ2v) is 5.79. The second kappa shape index (κ2) is 8.17. The van der Waals surface area contributed by atoms with Crippen molar-refractivity contribution in [1.29, 1.82) is 0 Å². The molecular weight excluding hydrogens is 346 g/mol. The molecule has 2 aromatic carbocycles. The van der Waals surface area contributed by atoms with Crippen LogP contribution in [0, 0.1) is 0 Å². The lowest BCUT2D eigenvalue weighted by Crippen LogP contribution is -2.21. The van der Waals surface area contributed by atoms with Crippen LogP contribution in [0.4, 0.5) is 0 Å². The van der Waals surface area contributed by atoms with Crippen molar-refractivity contribution in [3.8, 4) is 11.5 Å². The maximum atomic E-state index is 10.2. The molecule has 0 heterocycles. The van der Waals surface area contributed by atoms with Crippen LogP contribution in [0.25, 0.3) is 0 Å². The lowest BCUT2D eigenvalue weighted by atomic mass is 10.1. The van der Waals surface area contributed by atoms with Crippen molar-refractivity contribution in [3.05, 3.63) is 58.1 Å². The average molecular weight is 366 g/mol. The molecule has 0 bridgehead atoms. The molecule has 0 amide bonds. The Balaban J connectivity index is 1.91. The van der Waals surface area contributed by atoms with Gasteiger partial charge in [-0.15, -0.1) is 0 Å². The number of aliphatic hydroxyl groups excluding tert-OH is 1. The van der Waals surface area contributed by atoms with E-state index in [1.165, 1.54) is 0 Å². The normalized spacial score (nSPS) is 12.0. The number of halogens is 1. The standard InChI is InChI=1S/C17H20BrNO3/c1-21-15-8-5-13(17(9-15)22-2)10-19-11-16(20)12-3-6-14(18)7-4-12/h3-9,16,19-20H,10-11H2,1-2H3/t16-/m1/s1. The molecule has 0 radical (unpaired) electrons. The third-order valence-corrected chi connectivity index (χ3v) is 3.93. The summed E-state index contributed by atoms with van der Waals surface area (Å²) < 4.78 is 11.5. The molecule has 5 heteroatoms. The van der Waals surface area contributed by atoms with Crippen LogP contribution in [0.2, 0.25) is 0 Å². The van der Waals surface area contributed by atoms with Gasteiger partial charge in [0.05, 0.1) is 20.3 Å². The first-order valence-corrected chi connectivity index (χ1v) is 7.78. The molecule has 0 unspecified atom stereocenters. The van der Waals surface area contributed by atoms with E-state index in [-0.39, 0.29) is 0 Å². The number of methoxy groups -OCH3 is 2. The van der Waals surface area contributed by atoms with Crippen LogP contribution < -0.4 is 14.8 Å². The van der Waals surface area contributed by atoms with E-state index in [1.807, 2.05) is 42.5 Å². The number of aliphatic hydroxyl groups is 1. The Morgan fingerprint density at radius 1 is 1.09 bits per heavy atom. The van der Waals surface area contributed by atoms with Gasteiger partial charge in [0.15, 0.2) is 0 Å². The molecular formula is C17H20BrNO3. The molecule has 0 fully saturated rings. The van der Waals surface area contributed by atoms with E-state index in [2.05, 4.69) is 21.2 Å².